The lowest BCUT2D eigenvalue weighted by Gasteiger charge is -2.36. The van der Waals surface area contributed by atoms with Gasteiger partial charge in [0, 0.05) is 57.3 Å². The molecule has 2 aliphatic rings. The van der Waals surface area contributed by atoms with Crippen LogP contribution in [0.5, 0.6) is 0 Å². The molecule has 2 unspecified atom stereocenters. The van der Waals surface area contributed by atoms with Gasteiger partial charge in [-0.25, -0.2) is 4.39 Å². The Morgan fingerprint density at radius 2 is 2.03 bits per heavy atom. The standard InChI is InChI=1S/C21H28FN5O.HI/c1-3-23-21(24-20-13-18(20)17-6-4-5-7-19(17)22)27-10-8-26(9-11-27)14-16-12-15(2)28-25-16;/h4-7,12,18,20H,3,8-11,13-14H2,1-2H3,(H,23,24);1H. The minimum Gasteiger partial charge on any atom is -0.361 e. The molecule has 1 aliphatic heterocycles. The van der Waals surface area contributed by atoms with Crippen molar-refractivity contribution in [3.63, 3.8) is 0 Å². The molecule has 2 aromatic rings. The number of nitrogens with zero attached hydrogens (tertiary/aromatic N) is 4. The van der Waals surface area contributed by atoms with Crippen LogP contribution in [0.4, 0.5) is 4.39 Å². The number of aliphatic imine (C=N–C) groups is 1. The lowest BCUT2D eigenvalue weighted by atomic mass is 10.1. The Balaban J connectivity index is 0.00000240. The van der Waals surface area contributed by atoms with Crippen molar-refractivity contribution in [3.8, 4) is 0 Å². The molecule has 2 heterocycles. The number of rotatable bonds is 5. The van der Waals surface area contributed by atoms with Crippen LogP contribution in [-0.2, 0) is 6.54 Å². The van der Waals surface area contributed by atoms with E-state index in [0.29, 0.717) is 0 Å². The summed E-state index contributed by atoms with van der Waals surface area (Å²) in [6.07, 6.45) is 0.954. The average Bonchev–Trinajstić information content (AvgIpc) is 3.34. The summed E-state index contributed by atoms with van der Waals surface area (Å²) in [5.74, 6) is 1.93. The van der Waals surface area contributed by atoms with E-state index in [-0.39, 0.29) is 41.8 Å². The molecule has 2 fully saturated rings. The zero-order chi connectivity index (χ0) is 19.5. The van der Waals surface area contributed by atoms with Gasteiger partial charge in [-0.1, -0.05) is 23.4 Å². The fourth-order valence-corrected chi connectivity index (χ4v) is 3.87. The monoisotopic (exact) mass is 513 g/mol. The van der Waals surface area contributed by atoms with E-state index in [9.17, 15) is 4.39 Å². The second-order valence-corrected chi connectivity index (χ2v) is 7.60. The first-order chi connectivity index (χ1) is 13.6. The second-order valence-electron chi connectivity index (χ2n) is 7.60. The van der Waals surface area contributed by atoms with E-state index in [1.807, 2.05) is 32.0 Å². The van der Waals surface area contributed by atoms with Gasteiger partial charge in [0.2, 0.25) is 0 Å². The predicted molar refractivity (Wildman–Crippen MR) is 122 cm³/mol. The van der Waals surface area contributed by atoms with Crippen LogP contribution in [-0.4, -0.2) is 59.7 Å². The maximum absolute atomic E-state index is 14.0. The molecule has 29 heavy (non-hydrogen) atoms. The van der Waals surface area contributed by atoms with Crippen LogP contribution in [0.3, 0.4) is 0 Å². The molecule has 0 amide bonds. The van der Waals surface area contributed by atoms with E-state index >= 15 is 0 Å². The number of hydrogen-bond donors (Lipinski definition) is 1. The second kappa shape index (κ2) is 9.88. The Kier molecular flexibility index (Phi) is 7.50. The summed E-state index contributed by atoms with van der Waals surface area (Å²) in [7, 11) is 0. The van der Waals surface area contributed by atoms with Gasteiger partial charge in [-0.3, -0.25) is 9.89 Å². The van der Waals surface area contributed by atoms with E-state index in [0.717, 1.165) is 68.7 Å². The molecule has 1 saturated heterocycles. The van der Waals surface area contributed by atoms with Crippen molar-refractivity contribution in [2.75, 3.05) is 32.7 Å². The minimum absolute atomic E-state index is 0. The summed E-state index contributed by atoms with van der Waals surface area (Å²) < 4.78 is 19.2. The van der Waals surface area contributed by atoms with Gasteiger partial charge in [0.05, 0.1) is 5.69 Å². The Hall–Kier alpha value is -1.68. The first-order valence-electron chi connectivity index (χ1n) is 10.1. The van der Waals surface area contributed by atoms with Gasteiger partial charge < -0.3 is 14.7 Å². The van der Waals surface area contributed by atoms with Crippen molar-refractivity contribution in [1.29, 1.82) is 0 Å². The number of halogens is 2. The molecule has 1 saturated carbocycles. The van der Waals surface area contributed by atoms with E-state index < -0.39 is 0 Å². The number of nitrogens with one attached hydrogen (secondary N) is 1. The van der Waals surface area contributed by atoms with Crippen molar-refractivity contribution in [2.45, 2.75) is 38.8 Å². The topological polar surface area (TPSA) is 56.9 Å². The molecule has 1 aliphatic carbocycles. The smallest absolute Gasteiger partial charge is 0.194 e. The van der Waals surface area contributed by atoms with Crippen molar-refractivity contribution >= 4 is 29.9 Å². The van der Waals surface area contributed by atoms with Crippen LogP contribution in [0.25, 0.3) is 0 Å². The maximum atomic E-state index is 14.0. The predicted octanol–water partition coefficient (Wildman–Crippen LogP) is 3.38. The Labute approximate surface area is 188 Å². The molecule has 4 rings (SSSR count). The summed E-state index contributed by atoms with van der Waals surface area (Å²) in [6, 6.07) is 9.34. The molecular formula is C21H29FIN5O. The number of aromatic nitrogens is 1. The largest absolute Gasteiger partial charge is 0.361 e. The summed E-state index contributed by atoms with van der Waals surface area (Å²) in [5.41, 5.74) is 1.79. The quantitative estimate of drug-likeness (QED) is 0.378. The van der Waals surface area contributed by atoms with Crippen LogP contribution in [0.15, 0.2) is 39.8 Å². The highest BCUT2D eigenvalue weighted by atomic mass is 127. The third-order valence-corrected chi connectivity index (χ3v) is 5.45. The zero-order valence-corrected chi connectivity index (χ0v) is 19.3. The van der Waals surface area contributed by atoms with Crippen molar-refractivity contribution < 1.29 is 8.91 Å². The highest BCUT2D eigenvalue weighted by molar-refractivity contribution is 14.0. The van der Waals surface area contributed by atoms with Gasteiger partial charge in [-0.15, -0.1) is 24.0 Å². The normalized spacial score (nSPS) is 22.3. The molecule has 8 heteroatoms. The summed E-state index contributed by atoms with van der Waals surface area (Å²) in [4.78, 5) is 9.38. The first kappa shape index (κ1) is 22.0. The van der Waals surface area contributed by atoms with Gasteiger partial charge in [-0.2, -0.15) is 0 Å². The van der Waals surface area contributed by atoms with Gasteiger partial charge in [-0.05, 0) is 31.9 Å². The van der Waals surface area contributed by atoms with Crippen molar-refractivity contribution in [3.05, 3.63) is 53.2 Å². The third kappa shape index (κ3) is 5.48. The number of aryl methyl sites for hydroxylation is 1. The number of piperazine rings is 1. The van der Waals surface area contributed by atoms with Crippen molar-refractivity contribution in [2.24, 2.45) is 4.99 Å². The lowest BCUT2D eigenvalue weighted by molar-refractivity contribution is 0.168. The summed E-state index contributed by atoms with van der Waals surface area (Å²) >= 11 is 0. The van der Waals surface area contributed by atoms with E-state index in [1.165, 1.54) is 0 Å². The van der Waals surface area contributed by atoms with Crippen molar-refractivity contribution in [1.82, 2.24) is 20.3 Å². The van der Waals surface area contributed by atoms with Gasteiger partial charge >= 0.3 is 0 Å². The molecule has 1 aromatic carbocycles. The number of benzene rings is 1. The van der Waals surface area contributed by atoms with E-state index in [4.69, 9.17) is 4.52 Å². The van der Waals surface area contributed by atoms with Crippen LogP contribution in [0, 0.1) is 12.7 Å². The molecule has 0 bridgehead atoms. The highest BCUT2D eigenvalue weighted by Crippen LogP contribution is 2.41. The fourth-order valence-electron chi connectivity index (χ4n) is 3.87. The third-order valence-electron chi connectivity index (χ3n) is 5.45. The van der Waals surface area contributed by atoms with Crippen LogP contribution >= 0.6 is 24.0 Å². The molecule has 0 radical (unpaired) electrons. The zero-order valence-electron chi connectivity index (χ0n) is 17.0. The SMILES string of the molecule is CCN=C(NC1CC1c1ccccc1F)N1CCN(Cc2cc(C)on2)CC1.I. The maximum Gasteiger partial charge on any atom is 0.194 e. The Morgan fingerprint density at radius 1 is 1.28 bits per heavy atom. The summed E-state index contributed by atoms with van der Waals surface area (Å²) in [6.45, 7) is 9.26. The first-order valence-corrected chi connectivity index (χ1v) is 10.1. The molecule has 1 aromatic heterocycles. The average molecular weight is 513 g/mol. The molecule has 6 nitrogen and oxygen atoms in total. The van der Waals surface area contributed by atoms with E-state index in [1.54, 1.807) is 12.1 Å². The Morgan fingerprint density at radius 3 is 2.69 bits per heavy atom. The molecule has 1 N–H and O–H groups in total. The minimum atomic E-state index is -0.109. The highest BCUT2D eigenvalue weighted by Gasteiger charge is 2.41. The molecule has 2 atom stereocenters. The number of guanidine groups is 1. The van der Waals surface area contributed by atoms with Gasteiger partial charge in [0.1, 0.15) is 11.6 Å². The number of hydrogen-bond acceptors (Lipinski definition) is 4. The molecule has 158 valence electrons. The Bertz CT molecular complexity index is 834. The molecule has 0 spiro atoms. The lowest BCUT2D eigenvalue weighted by Crippen LogP contribution is -2.52. The summed E-state index contributed by atoms with van der Waals surface area (Å²) in [5, 5.41) is 7.66. The van der Waals surface area contributed by atoms with Crippen LogP contribution in [0.2, 0.25) is 0 Å². The van der Waals surface area contributed by atoms with Gasteiger partial charge in [0.15, 0.2) is 5.96 Å². The van der Waals surface area contributed by atoms with Gasteiger partial charge in [0.25, 0.3) is 0 Å². The fraction of sp³-hybridized carbons (Fsp3) is 0.524. The van der Waals surface area contributed by atoms with Crippen LogP contribution < -0.4 is 5.32 Å². The van der Waals surface area contributed by atoms with E-state index in [2.05, 4.69) is 25.3 Å². The van der Waals surface area contributed by atoms with Crippen LogP contribution in [0.1, 0.15) is 36.3 Å². The molecular weight excluding hydrogens is 484 g/mol.